The molecule has 0 saturated heterocycles. The fourth-order valence-corrected chi connectivity index (χ4v) is 1.13. The number of hydrogen-bond donors (Lipinski definition) is 0. The Morgan fingerprint density at radius 3 is 2.77 bits per heavy atom. The van der Waals surface area contributed by atoms with Crippen molar-refractivity contribution in [1.82, 2.24) is 0 Å². The van der Waals surface area contributed by atoms with E-state index in [0.29, 0.717) is 12.2 Å². The molecule has 0 bridgehead atoms. The molecule has 2 nitrogen and oxygen atoms in total. The van der Waals surface area contributed by atoms with E-state index >= 15 is 0 Å². The van der Waals surface area contributed by atoms with Crippen LogP contribution in [0.5, 0.6) is 5.75 Å². The SMILES string of the molecule is CCC(=O)Oc1ccc(Br)c(C)c1. The van der Waals surface area contributed by atoms with Gasteiger partial charge in [0.05, 0.1) is 0 Å². The average molecular weight is 243 g/mol. The summed E-state index contributed by atoms with van der Waals surface area (Å²) in [7, 11) is 0. The van der Waals surface area contributed by atoms with Gasteiger partial charge in [0.25, 0.3) is 0 Å². The van der Waals surface area contributed by atoms with Crippen LogP contribution < -0.4 is 4.74 Å². The van der Waals surface area contributed by atoms with E-state index in [4.69, 9.17) is 4.74 Å². The number of esters is 1. The van der Waals surface area contributed by atoms with Gasteiger partial charge in [-0.1, -0.05) is 22.9 Å². The first kappa shape index (κ1) is 10.3. The van der Waals surface area contributed by atoms with Gasteiger partial charge >= 0.3 is 5.97 Å². The minimum atomic E-state index is -0.207. The molecule has 0 heterocycles. The highest BCUT2D eigenvalue weighted by molar-refractivity contribution is 9.10. The van der Waals surface area contributed by atoms with Gasteiger partial charge in [0.1, 0.15) is 5.75 Å². The number of carbonyl (C=O) groups is 1. The van der Waals surface area contributed by atoms with Gasteiger partial charge < -0.3 is 4.74 Å². The van der Waals surface area contributed by atoms with Gasteiger partial charge in [-0.3, -0.25) is 4.79 Å². The second-order valence-corrected chi connectivity index (χ2v) is 3.59. The van der Waals surface area contributed by atoms with E-state index in [1.807, 2.05) is 19.1 Å². The Balaban J connectivity index is 2.79. The second kappa shape index (κ2) is 4.42. The largest absolute Gasteiger partial charge is 0.427 e. The Labute approximate surface area is 86.0 Å². The highest BCUT2D eigenvalue weighted by Gasteiger charge is 2.02. The van der Waals surface area contributed by atoms with Crippen LogP contribution in [0.2, 0.25) is 0 Å². The van der Waals surface area contributed by atoms with Gasteiger partial charge in [-0.2, -0.15) is 0 Å². The summed E-state index contributed by atoms with van der Waals surface area (Å²) in [5.74, 6) is 0.397. The number of carbonyl (C=O) groups excluding carboxylic acids is 1. The van der Waals surface area contributed by atoms with Crippen LogP contribution in [0.15, 0.2) is 22.7 Å². The van der Waals surface area contributed by atoms with Crippen LogP contribution in [0, 0.1) is 6.92 Å². The Kier molecular flexibility index (Phi) is 3.48. The molecule has 13 heavy (non-hydrogen) atoms. The van der Waals surface area contributed by atoms with Gasteiger partial charge in [0.2, 0.25) is 0 Å². The van der Waals surface area contributed by atoms with E-state index in [1.54, 1.807) is 13.0 Å². The van der Waals surface area contributed by atoms with Crippen molar-refractivity contribution in [3.05, 3.63) is 28.2 Å². The van der Waals surface area contributed by atoms with Crippen LogP contribution in [0.4, 0.5) is 0 Å². The molecule has 70 valence electrons. The van der Waals surface area contributed by atoms with E-state index in [1.165, 1.54) is 0 Å². The van der Waals surface area contributed by atoms with Crippen molar-refractivity contribution in [3.63, 3.8) is 0 Å². The third kappa shape index (κ3) is 2.84. The quantitative estimate of drug-likeness (QED) is 0.589. The number of halogens is 1. The molecule has 1 aromatic carbocycles. The standard InChI is InChI=1S/C10H11BrO2/c1-3-10(12)13-8-4-5-9(11)7(2)6-8/h4-6H,3H2,1-2H3. The molecule has 0 radical (unpaired) electrons. The summed E-state index contributed by atoms with van der Waals surface area (Å²) >= 11 is 3.37. The lowest BCUT2D eigenvalue weighted by Crippen LogP contribution is -2.05. The third-order valence-corrected chi connectivity index (χ3v) is 2.54. The Hall–Kier alpha value is -0.830. The molecular weight excluding hydrogens is 232 g/mol. The zero-order valence-electron chi connectivity index (χ0n) is 7.63. The topological polar surface area (TPSA) is 26.3 Å². The summed E-state index contributed by atoms with van der Waals surface area (Å²) in [5.41, 5.74) is 1.06. The van der Waals surface area contributed by atoms with Gasteiger partial charge in [0, 0.05) is 10.9 Å². The molecule has 0 saturated carbocycles. The molecule has 0 atom stereocenters. The molecule has 0 aliphatic heterocycles. The van der Waals surface area contributed by atoms with Crippen LogP contribution in [-0.2, 0) is 4.79 Å². The maximum Gasteiger partial charge on any atom is 0.310 e. The fraction of sp³-hybridized carbons (Fsp3) is 0.300. The summed E-state index contributed by atoms with van der Waals surface area (Å²) in [5, 5.41) is 0. The minimum absolute atomic E-state index is 0.207. The Morgan fingerprint density at radius 2 is 2.23 bits per heavy atom. The first-order valence-electron chi connectivity index (χ1n) is 4.10. The molecule has 1 aromatic rings. The normalized spacial score (nSPS) is 9.77. The van der Waals surface area contributed by atoms with Crippen molar-refractivity contribution >= 4 is 21.9 Å². The van der Waals surface area contributed by atoms with Crippen LogP contribution >= 0.6 is 15.9 Å². The number of benzene rings is 1. The molecule has 0 spiro atoms. The highest BCUT2D eigenvalue weighted by Crippen LogP contribution is 2.21. The maximum atomic E-state index is 10.9. The number of hydrogen-bond acceptors (Lipinski definition) is 2. The molecule has 0 fully saturated rings. The summed E-state index contributed by atoms with van der Waals surface area (Å²) in [6.45, 7) is 3.72. The lowest BCUT2D eigenvalue weighted by atomic mass is 10.2. The van der Waals surface area contributed by atoms with Crippen molar-refractivity contribution < 1.29 is 9.53 Å². The first-order valence-corrected chi connectivity index (χ1v) is 4.89. The lowest BCUT2D eigenvalue weighted by molar-refractivity contribution is -0.134. The Morgan fingerprint density at radius 1 is 1.54 bits per heavy atom. The van der Waals surface area contributed by atoms with Crippen molar-refractivity contribution in [3.8, 4) is 5.75 Å². The number of aryl methyl sites for hydroxylation is 1. The van der Waals surface area contributed by atoms with Gasteiger partial charge in [-0.05, 0) is 30.7 Å². The van der Waals surface area contributed by atoms with Crippen LogP contribution in [-0.4, -0.2) is 5.97 Å². The molecule has 0 aromatic heterocycles. The zero-order chi connectivity index (χ0) is 9.84. The monoisotopic (exact) mass is 242 g/mol. The first-order chi connectivity index (χ1) is 6.13. The molecule has 0 amide bonds. The predicted molar refractivity (Wildman–Crippen MR) is 54.8 cm³/mol. The van der Waals surface area contributed by atoms with Crippen molar-refractivity contribution in [1.29, 1.82) is 0 Å². The maximum absolute atomic E-state index is 10.9. The van der Waals surface area contributed by atoms with Gasteiger partial charge in [0.15, 0.2) is 0 Å². The van der Waals surface area contributed by atoms with Gasteiger partial charge in [-0.15, -0.1) is 0 Å². The molecule has 0 aliphatic carbocycles. The molecule has 0 N–H and O–H groups in total. The summed E-state index contributed by atoms with van der Waals surface area (Å²) in [4.78, 5) is 10.9. The molecule has 0 unspecified atom stereocenters. The zero-order valence-corrected chi connectivity index (χ0v) is 9.22. The van der Waals surface area contributed by atoms with Gasteiger partial charge in [-0.25, -0.2) is 0 Å². The summed E-state index contributed by atoms with van der Waals surface area (Å²) < 4.78 is 6.06. The fourth-order valence-electron chi connectivity index (χ4n) is 0.884. The summed E-state index contributed by atoms with van der Waals surface area (Å²) in [6, 6.07) is 5.47. The average Bonchev–Trinajstić information content (AvgIpc) is 2.11. The van der Waals surface area contributed by atoms with E-state index in [-0.39, 0.29) is 5.97 Å². The highest BCUT2D eigenvalue weighted by atomic mass is 79.9. The van der Waals surface area contributed by atoms with Crippen molar-refractivity contribution in [2.75, 3.05) is 0 Å². The molecular formula is C10H11BrO2. The third-order valence-electron chi connectivity index (χ3n) is 1.65. The smallest absolute Gasteiger partial charge is 0.310 e. The molecule has 1 rings (SSSR count). The van der Waals surface area contributed by atoms with Crippen LogP contribution in [0.1, 0.15) is 18.9 Å². The number of ether oxygens (including phenoxy) is 1. The number of rotatable bonds is 2. The summed E-state index contributed by atoms with van der Waals surface area (Å²) in [6.07, 6.45) is 0.398. The van der Waals surface area contributed by atoms with E-state index in [0.717, 1.165) is 10.0 Å². The van der Waals surface area contributed by atoms with E-state index in [2.05, 4.69) is 15.9 Å². The lowest BCUT2D eigenvalue weighted by Gasteiger charge is -2.04. The van der Waals surface area contributed by atoms with Crippen LogP contribution in [0.3, 0.4) is 0 Å². The van der Waals surface area contributed by atoms with E-state index in [9.17, 15) is 4.79 Å². The van der Waals surface area contributed by atoms with Crippen LogP contribution in [0.25, 0.3) is 0 Å². The molecule has 0 aliphatic rings. The predicted octanol–water partition coefficient (Wildman–Crippen LogP) is 3.07. The minimum Gasteiger partial charge on any atom is -0.427 e. The van der Waals surface area contributed by atoms with Crippen molar-refractivity contribution in [2.24, 2.45) is 0 Å². The second-order valence-electron chi connectivity index (χ2n) is 2.74. The van der Waals surface area contributed by atoms with E-state index < -0.39 is 0 Å². The van der Waals surface area contributed by atoms with Crippen molar-refractivity contribution in [2.45, 2.75) is 20.3 Å². The molecule has 3 heteroatoms. The Bertz CT molecular complexity index is 321.